The van der Waals surface area contributed by atoms with Crippen LogP contribution in [0.15, 0.2) is 0 Å². The highest BCUT2D eigenvalue weighted by atomic mass is 32.2. The van der Waals surface area contributed by atoms with Crippen molar-refractivity contribution in [2.75, 3.05) is 20.2 Å². The average Bonchev–Trinajstić information content (AvgIpc) is 3.11. The van der Waals surface area contributed by atoms with Crippen molar-refractivity contribution in [1.29, 1.82) is 0 Å². The molecule has 0 radical (unpaired) electrons. The molecule has 1 saturated carbocycles. The van der Waals surface area contributed by atoms with E-state index in [1.165, 1.54) is 4.31 Å². The zero-order chi connectivity index (χ0) is 12.5. The van der Waals surface area contributed by atoms with E-state index in [9.17, 15) is 8.42 Å². The van der Waals surface area contributed by atoms with Gasteiger partial charge in [-0.05, 0) is 25.7 Å². The van der Waals surface area contributed by atoms with E-state index < -0.39 is 10.2 Å². The Balaban J connectivity index is 2.03. The third-order valence-electron chi connectivity index (χ3n) is 3.42. The first kappa shape index (κ1) is 13.2. The maximum absolute atomic E-state index is 12.1. The van der Waals surface area contributed by atoms with Gasteiger partial charge in [-0.15, -0.1) is 0 Å². The summed E-state index contributed by atoms with van der Waals surface area (Å²) in [6.45, 7) is 0.827. The summed E-state index contributed by atoms with van der Waals surface area (Å²) < 4.78 is 33.7. The topological polar surface area (TPSA) is 84.7 Å². The van der Waals surface area contributed by atoms with Gasteiger partial charge in [0, 0.05) is 32.3 Å². The van der Waals surface area contributed by atoms with E-state index >= 15 is 0 Å². The quantitative estimate of drug-likeness (QED) is 0.695. The molecule has 0 aromatic carbocycles. The zero-order valence-electron chi connectivity index (χ0n) is 10.1. The predicted octanol–water partition coefficient (Wildman–Crippen LogP) is -0.579. The van der Waals surface area contributed by atoms with Crippen molar-refractivity contribution in [2.24, 2.45) is 5.73 Å². The lowest BCUT2D eigenvalue weighted by Gasteiger charge is -2.37. The molecule has 6 nitrogen and oxygen atoms in total. The number of hydrogen-bond acceptors (Lipinski definition) is 4. The summed E-state index contributed by atoms with van der Waals surface area (Å²) in [5.74, 6) is 0. The molecule has 1 heterocycles. The van der Waals surface area contributed by atoms with Crippen LogP contribution < -0.4 is 10.5 Å². The number of methoxy groups -OCH3 is 1. The minimum atomic E-state index is -3.37. The van der Waals surface area contributed by atoms with Gasteiger partial charge in [0.1, 0.15) is 0 Å². The van der Waals surface area contributed by atoms with Crippen molar-refractivity contribution < 1.29 is 13.2 Å². The van der Waals surface area contributed by atoms with Crippen molar-refractivity contribution in [1.82, 2.24) is 9.03 Å². The molecule has 2 aliphatic rings. The number of nitrogens with two attached hydrogens (primary N) is 1. The normalized spacial score (nSPS) is 31.6. The van der Waals surface area contributed by atoms with Crippen molar-refractivity contribution in [2.45, 2.75) is 43.9 Å². The van der Waals surface area contributed by atoms with E-state index in [0.29, 0.717) is 19.5 Å². The van der Waals surface area contributed by atoms with Gasteiger partial charge in [-0.1, -0.05) is 0 Å². The molecule has 0 aromatic heterocycles. The molecule has 2 unspecified atom stereocenters. The van der Waals surface area contributed by atoms with Gasteiger partial charge in [0.15, 0.2) is 0 Å². The van der Waals surface area contributed by atoms with Gasteiger partial charge < -0.3 is 10.5 Å². The Bertz CT molecular complexity index is 356. The third-order valence-corrected chi connectivity index (χ3v) is 5.15. The number of rotatable bonds is 5. The first-order chi connectivity index (χ1) is 8.06. The van der Waals surface area contributed by atoms with Gasteiger partial charge in [0.2, 0.25) is 0 Å². The second-order valence-corrected chi connectivity index (χ2v) is 6.43. The highest BCUT2D eigenvalue weighted by molar-refractivity contribution is 7.87. The SMILES string of the molecule is COC1CCN(S(=O)(=O)NC2CC2)C(CN)C1. The summed E-state index contributed by atoms with van der Waals surface area (Å²) in [7, 11) is -1.71. The fourth-order valence-electron chi connectivity index (χ4n) is 2.22. The summed E-state index contributed by atoms with van der Waals surface area (Å²) in [6.07, 6.45) is 3.43. The third kappa shape index (κ3) is 3.17. The van der Waals surface area contributed by atoms with Crippen molar-refractivity contribution in [3.63, 3.8) is 0 Å². The second-order valence-electron chi connectivity index (χ2n) is 4.78. The van der Waals surface area contributed by atoms with Crippen molar-refractivity contribution >= 4 is 10.2 Å². The summed E-state index contributed by atoms with van der Waals surface area (Å²) in [6, 6.07) is -0.0106. The molecule has 2 atom stereocenters. The van der Waals surface area contributed by atoms with Crippen LogP contribution in [-0.2, 0) is 14.9 Å². The van der Waals surface area contributed by atoms with Gasteiger partial charge in [0.05, 0.1) is 6.10 Å². The molecule has 2 fully saturated rings. The Morgan fingerprint density at radius 3 is 2.65 bits per heavy atom. The highest BCUT2D eigenvalue weighted by Crippen LogP contribution is 2.25. The average molecular weight is 263 g/mol. The van der Waals surface area contributed by atoms with Crippen LogP contribution in [0.1, 0.15) is 25.7 Å². The standard InChI is InChI=1S/C10H21N3O3S/c1-16-10-4-5-13(9(6-10)7-11)17(14,15)12-8-2-3-8/h8-10,12H,2-7,11H2,1H3. The fraction of sp³-hybridized carbons (Fsp3) is 1.00. The molecule has 0 spiro atoms. The molecule has 1 saturated heterocycles. The second kappa shape index (κ2) is 5.19. The maximum atomic E-state index is 12.1. The molecule has 1 aliphatic heterocycles. The molecule has 3 N–H and O–H groups in total. The molecule has 1 aliphatic carbocycles. The van der Waals surface area contributed by atoms with Crippen LogP contribution in [-0.4, -0.2) is 51.1 Å². The summed E-state index contributed by atoms with van der Waals surface area (Å²) >= 11 is 0. The molecule has 0 aromatic rings. The number of piperidine rings is 1. The van der Waals surface area contributed by atoms with Crippen molar-refractivity contribution in [3.05, 3.63) is 0 Å². The number of hydrogen-bond donors (Lipinski definition) is 2. The van der Waals surface area contributed by atoms with Crippen LogP contribution in [0.3, 0.4) is 0 Å². The Kier molecular flexibility index (Phi) is 4.04. The minimum Gasteiger partial charge on any atom is -0.381 e. The summed E-state index contributed by atoms with van der Waals surface area (Å²) in [4.78, 5) is 0. The lowest BCUT2D eigenvalue weighted by molar-refractivity contribution is 0.0398. The molecular formula is C10H21N3O3S. The monoisotopic (exact) mass is 263 g/mol. The Hall–Kier alpha value is -0.210. The van der Waals surface area contributed by atoms with E-state index in [4.69, 9.17) is 10.5 Å². The predicted molar refractivity (Wildman–Crippen MR) is 64.7 cm³/mol. The van der Waals surface area contributed by atoms with Crippen LogP contribution in [0.4, 0.5) is 0 Å². The zero-order valence-corrected chi connectivity index (χ0v) is 10.9. The molecule has 0 bridgehead atoms. The van der Waals surface area contributed by atoms with E-state index in [-0.39, 0.29) is 18.2 Å². The summed E-state index contributed by atoms with van der Waals surface area (Å²) in [5, 5.41) is 0. The van der Waals surface area contributed by atoms with E-state index in [2.05, 4.69) is 4.72 Å². The van der Waals surface area contributed by atoms with E-state index in [1.807, 2.05) is 0 Å². The van der Waals surface area contributed by atoms with Crippen LogP contribution in [0, 0.1) is 0 Å². The highest BCUT2D eigenvalue weighted by Gasteiger charge is 2.38. The molecule has 100 valence electrons. The van der Waals surface area contributed by atoms with Gasteiger partial charge in [0.25, 0.3) is 10.2 Å². The summed E-state index contributed by atoms with van der Waals surface area (Å²) in [5.41, 5.74) is 5.66. The van der Waals surface area contributed by atoms with Gasteiger partial charge in [-0.2, -0.15) is 17.4 Å². The number of ether oxygens (including phenoxy) is 1. The number of nitrogens with zero attached hydrogens (tertiary/aromatic N) is 1. The Morgan fingerprint density at radius 2 is 2.12 bits per heavy atom. The van der Waals surface area contributed by atoms with Crippen molar-refractivity contribution in [3.8, 4) is 0 Å². The lowest BCUT2D eigenvalue weighted by atomic mass is 10.0. The smallest absolute Gasteiger partial charge is 0.279 e. The number of nitrogens with one attached hydrogen (secondary N) is 1. The molecule has 0 amide bonds. The van der Waals surface area contributed by atoms with Gasteiger partial charge >= 0.3 is 0 Å². The van der Waals surface area contributed by atoms with Gasteiger partial charge in [-0.25, -0.2) is 0 Å². The Morgan fingerprint density at radius 1 is 1.41 bits per heavy atom. The van der Waals surface area contributed by atoms with Gasteiger partial charge in [-0.3, -0.25) is 0 Å². The minimum absolute atomic E-state index is 0.121. The Labute approximate surface area is 103 Å². The van der Waals surface area contributed by atoms with Crippen LogP contribution in [0.5, 0.6) is 0 Å². The lowest BCUT2D eigenvalue weighted by Crippen LogP contribution is -2.54. The van der Waals surface area contributed by atoms with E-state index in [0.717, 1.165) is 19.3 Å². The van der Waals surface area contributed by atoms with Crippen LogP contribution >= 0.6 is 0 Å². The fourth-order valence-corrected chi connectivity index (χ4v) is 3.92. The maximum Gasteiger partial charge on any atom is 0.279 e. The molecule has 2 rings (SSSR count). The largest absolute Gasteiger partial charge is 0.381 e. The first-order valence-electron chi connectivity index (χ1n) is 6.08. The van der Waals surface area contributed by atoms with Crippen LogP contribution in [0.2, 0.25) is 0 Å². The molecule has 7 heteroatoms. The molecule has 17 heavy (non-hydrogen) atoms. The van der Waals surface area contributed by atoms with Crippen LogP contribution in [0.25, 0.3) is 0 Å². The first-order valence-corrected chi connectivity index (χ1v) is 7.52. The molecular weight excluding hydrogens is 242 g/mol. The van der Waals surface area contributed by atoms with E-state index in [1.54, 1.807) is 7.11 Å².